The Labute approximate surface area is 152 Å². The highest BCUT2D eigenvalue weighted by molar-refractivity contribution is 5.79. The van der Waals surface area contributed by atoms with Gasteiger partial charge in [0.1, 0.15) is 0 Å². The van der Waals surface area contributed by atoms with E-state index in [1.807, 2.05) is 7.05 Å². The number of guanidine groups is 1. The SMILES string of the molecule is CN=C(NCCCOCC1CCCO1)NC(C)CCc1ccccc1. The van der Waals surface area contributed by atoms with Gasteiger partial charge in [-0.25, -0.2) is 0 Å². The number of nitrogens with zero attached hydrogens (tertiary/aromatic N) is 1. The first-order valence-corrected chi connectivity index (χ1v) is 9.48. The molecule has 1 aromatic carbocycles. The van der Waals surface area contributed by atoms with Gasteiger partial charge in [0, 0.05) is 32.8 Å². The Hall–Kier alpha value is -1.59. The Bertz CT molecular complexity index is 487. The Morgan fingerprint density at radius 3 is 2.92 bits per heavy atom. The molecule has 2 unspecified atom stereocenters. The van der Waals surface area contributed by atoms with E-state index in [9.17, 15) is 0 Å². The number of nitrogens with one attached hydrogen (secondary N) is 2. The molecule has 5 heteroatoms. The van der Waals surface area contributed by atoms with Crippen molar-refractivity contribution in [2.75, 3.05) is 33.4 Å². The average Bonchev–Trinajstić information content (AvgIpc) is 3.16. The van der Waals surface area contributed by atoms with Crippen LogP contribution in [0.15, 0.2) is 35.3 Å². The molecule has 1 heterocycles. The second kappa shape index (κ2) is 11.9. The molecule has 0 saturated carbocycles. The van der Waals surface area contributed by atoms with Crippen molar-refractivity contribution in [1.82, 2.24) is 10.6 Å². The van der Waals surface area contributed by atoms with Gasteiger partial charge < -0.3 is 20.1 Å². The topological polar surface area (TPSA) is 54.9 Å². The minimum atomic E-state index is 0.313. The van der Waals surface area contributed by atoms with Gasteiger partial charge in [-0.05, 0) is 44.6 Å². The van der Waals surface area contributed by atoms with Gasteiger partial charge in [0.15, 0.2) is 5.96 Å². The standard InChI is InChI=1S/C20H33N3O2/c1-17(11-12-18-8-4-3-5-9-18)23-20(21-2)22-13-7-14-24-16-19-10-6-15-25-19/h3-5,8-9,17,19H,6-7,10-16H2,1-2H3,(H2,21,22,23). The monoisotopic (exact) mass is 347 g/mol. The van der Waals surface area contributed by atoms with Gasteiger partial charge >= 0.3 is 0 Å². The third kappa shape index (κ3) is 8.36. The fraction of sp³-hybridized carbons (Fsp3) is 0.650. The van der Waals surface area contributed by atoms with E-state index >= 15 is 0 Å². The maximum Gasteiger partial charge on any atom is 0.191 e. The Balaban J connectivity index is 1.52. The fourth-order valence-electron chi connectivity index (χ4n) is 2.90. The number of rotatable bonds is 10. The summed E-state index contributed by atoms with van der Waals surface area (Å²) >= 11 is 0. The molecule has 0 bridgehead atoms. The van der Waals surface area contributed by atoms with Gasteiger partial charge in [0.25, 0.3) is 0 Å². The van der Waals surface area contributed by atoms with Crippen molar-refractivity contribution in [3.63, 3.8) is 0 Å². The van der Waals surface area contributed by atoms with Crippen LogP contribution in [0.3, 0.4) is 0 Å². The van der Waals surface area contributed by atoms with Crippen molar-refractivity contribution in [1.29, 1.82) is 0 Å². The van der Waals surface area contributed by atoms with Crippen molar-refractivity contribution >= 4 is 5.96 Å². The minimum Gasteiger partial charge on any atom is -0.379 e. The highest BCUT2D eigenvalue weighted by atomic mass is 16.5. The molecule has 1 aliphatic heterocycles. The predicted octanol–water partition coefficient (Wildman–Crippen LogP) is 2.76. The van der Waals surface area contributed by atoms with E-state index in [4.69, 9.17) is 9.47 Å². The van der Waals surface area contributed by atoms with E-state index in [1.165, 1.54) is 12.0 Å². The van der Waals surface area contributed by atoms with Crippen molar-refractivity contribution in [3.05, 3.63) is 35.9 Å². The summed E-state index contributed by atoms with van der Waals surface area (Å²) in [6.07, 6.45) is 5.73. The number of hydrogen-bond acceptors (Lipinski definition) is 3. The molecule has 0 amide bonds. The zero-order valence-corrected chi connectivity index (χ0v) is 15.7. The first kappa shape index (κ1) is 19.7. The normalized spacial score (nSPS) is 19.0. The zero-order valence-electron chi connectivity index (χ0n) is 15.7. The largest absolute Gasteiger partial charge is 0.379 e. The van der Waals surface area contributed by atoms with Gasteiger partial charge in [-0.15, -0.1) is 0 Å². The second-order valence-electron chi connectivity index (χ2n) is 6.63. The van der Waals surface area contributed by atoms with Crippen LogP contribution in [0.4, 0.5) is 0 Å². The Morgan fingerprint density at radius 1 is 1.36 bits per heavy atom. The van der Waals surface area contributed by atoms with Crippen LogP contribution in [-0.4, -0.2) is 51.5 Å². The molecule has 1 fully saturated rings. The van der Waals surface area contributed by atoms with Crippen LogP contribution in [0.1, 0.15) is 38.2 Å². The fourth-order valence-corrected chi connectivity index (χ4v) is 2.90. The van der Waals surface area contributed by atoms with Crippen LogP contribution in [0.25, 0.3) is 0 Å². The first-order valence-electron chi connectivity index (χ1n) is 9.48. The van der Waals surface area contributed by atoms with E-state index in [0.29, 0.717) is 12.1 Å². The average molecular weight is 348 g/mol. The van der Waals surface area contributed by atoms with Crippen LogP contribution >= 0.6 is 0 Å². The molecule has 25 heavy (non-hydrogen) atoms. The molecule has 1 saturated heterocycles. The van der Waals surface area contributed by atoms with Gasteiger partial charge in [0.2, 0.25) is 0 Å². The quantitative estimate of drug-likeness (QED) is 0.388. The Kier molecular flexibility index (Phi) is 9.37. The number of aliphatic imine (C=N–C) groups is 1. The molecular weight excluding hydrogens is 314 g/mol. The third-order valence-corrected chi connectivity index (χ3v) is 4.40. The van der Waals surface area contributed by atoms with Gasteiger partial charge in [-0.3, -0.25) is 4.99 Å². The molecule has 2 N–H and O–H groups in total. The maximum atomic E-state index is 5.68. The lowest BCUT2D eigenvalue weighted by Gasteiger charge is -2.18. The smallest absolute Gasteiger partial charge is 0.191 e. The molecular formula is C20H33N3O2. The first-order chi connectivity index (χ1) is 12.3. The van der Waals surface area contributed by atoms with Crippen LogP contribution in [0.5, 0.6) is 0 Å². The minimum absolute atomic E-state index is 0.313. The van der Waals surface area contributed by atoms with Gasteiger partial charge in [-0.1, -0.05) is 30.3 Å². The Morgan fingerprint density at radius 2 is 2.20 bits per heavy atom. The summed E-state index contributed by atoms with van der Waals surface area (Å²) in [6, 6.07) is 11.0. The number of benzene rings is 1. The highest BCUT2D eigenvalue weighted by Crippen LogP contribution is 2.11. The number of hydrogen-bond donors (Lipinski definition) is 2. The molecule has 0 spiro atoms. The van der Waals surface area contributed by atoms with Gasteiger partial charge in [0.05, 0.1) is 12.7 Å². The summed E-state index contributed by atoms with van der Waals surface area (Å²) in [6.45, 7) is 5.42. The third-order valence-electron chi connectivity index (χ3n) is 4.40. The summed E-state index contributed by atoms with van der Waals surface area (Å²) in [5, 5.41) is 6.81. The van der Waals surface area contributed by atoms with Crippen LogP contribution in [0, 0.1) is 0 Å². The van der Waals surface area contributed by atoms with Gasteiger partial charge in [-0.2, -0.15) is 0 Å². The van der Waals surface area contributed by atoms with Crippen molar-refractivity contribution in [2.45, 2.75) is 51.2 Å². The van der Waals surface area contributed by atoms with E-state index < -0.39 is 0 Å². The lowest BCUT2D eigenvalue weighted by atomic mass is 10.1. The molecule has 1 aromatic rings. The summed E-state index contributed by atoms with van der Waals surface area (Å²) in [5.74, 6) is 0.861. The lowest BCUT2D eigenvalue weighted by molar-refractivity contribution is 0.0168. The molecule has 0 aromatic heterocycles. The predicted molar refractivity (Wildman–Crippen MR) is 103 cm³/mol. The molecule has 5 nitrogen and oxygen atoms in total. The number of aryl methyl sites for hydroxylation is 1. The summed E-state index contributed by atoms with van der Waals surface area (Å²) < 4.78 is 11.2. The zero-order chi connectivity index (χ0) is 17.7. The maximum absolute atomic E-state index is 5.68. The van der Waals surface area contributed by atoms with E-state index in [-0.39, 0.29) is 0 Å². The van der Waals surface area contributed by atoms with Crippen LogP contribution in [0.2, 0.25) is 0 Å². The molecule has 0 aliphatic carbocycles. The van der Waals surface area contributed by atoms with Crippen molar-refractivity contribution in [2.24, 2.45) is 4.99 Å². The molecule has 0 radical (unpaired) electrons. The lowest BCUT2D eigenvalue weighted by Crippen LogP contribution is -2.42. The van der Waals surface area contributed by atoms with Crippen LogP contribution in [-0.2, 0) is 15.9 Å². The summed E-state index contributed by atoms with van der Waals surface area (Å²) in [4.78, 5) is 4.30. The van der Waals surface area contributed by atoms with Crippen molar-refractivity contribution in [3.8, 4) is 0 Å². The van der Waals surface area contributed by atoms with Crippen LogP contribution < -0.4 is 10.6 Å². The molecule has 2 atom stereocenters. The van der Waals surface area contributed by atoms with E-state index in [2.05, 4.69) is 52.9 Å². The summed E-state index contributed by atoms with van der Waals surface area (Å²) in [7, 11) is 1.81. The molecule has 140 valence electrons. The van der Waals surface area contributed by atoms with E-state index in [1.54, 1.807) is 0 Å². The molecule has 2 rings (SSSR count). The molecule has 1 aliphatic rings. The van der Waals surface area contributed by atoms with E-state index in [0.717, 1.165) is 58.0 Å². The second-order valence-corrected chi connectivity index (χ2v) is 6.63. The number of ether oxygens (including phenoxy) is 2. The summed E-state index contributed by atoms with van der Waals surface area (Å²) in [5.41, 5.74) is 1.38. The highest BCUT2D eigenvalue weighted by Gasteiger charge is 2.14. The van der Waals surface area contributed by atoms with Crippen molar-refractivity contribution < 1.29 is 9.47 Å².